The van der Waals surface area contributed by atoms with Crippen LogP contribution in [-0.2, 0) is 6.42 Å². The highest BCUT2D eigenvalue weighted by Crippen LogP contribution is 2.36. The van der Waals surface area contributed by atoms with Crippen molar-refractivity contribution in [2.75, 3.05) is 11.1 Å². The van der Waals surface area contributed by atoms with Crippen molar-refractivity contribution >= 4 is 34.7 Å². The quantitative estimate of drug-likeness (QED) is 0.886. The second kappa shape index (κ2) is 4.74. The molecule has 0 bridgehead atoms. The average Bonchev–Trinajstić information content (AvgIpc) is 2.83. The van der Waals surface area contributed by atoms with Crippen molar-refractivity contribution in [2.45, 2.75) is 25.3 Å². The third-order valence-corrected chi connectivity index (χ3v) is 4.40. The lowest BCUT2D eigenvalue weighted by Gasteiger charge is -2.24. The van der Waals surface area contributed by atoms with Crippen molar-refractivity contribution in [2.24, 2.45) is 0 Å². The summed E-state index contributed by atoms with van der Waals surface area (Å²) in [6.45, 7) is 0. The van der Waals surface area contributed by atoms with Crippen molar-refractivity contribution in [3.05, 3.63) is 33.1 Å². The third kappa shape index (κ3) is 2.15. The summed E-state index contributed by atoms with van der Waals surface area (Å²) in [5.74, 6) is 0.858. The van der Waals surface area contributed by atoms with E-state index in [4.69, 9.17) is 17.3 Å². The minimum absolute atomic E-state index is 0.239. The Kier molecular flexibility index (Phi) is 3.09. The SMILES string of the molecule is Nc1ncc(Cl)c(NC2CCCc3sccc32)n1. The van der Waals surface area contributed by atoms with Crippen LogP contribution in [0.3, 0.4) is 0 Å². The van der Waals surface area contributed by atoms with E-state index in [1.54, 1.807) is 0 Å². The van der Waals surface area contributed by atoms with Gasteiger partial charge in [0, 0.05) is 4.88 Å². The van der Waals surface area contributed by atoms with Crippen molar-refractivity contribution in [1.29, 1.82) is 0 Å². The molecule has 4 nitrogen and oxygen atoms in total. The number of hydrogen-bond acceptors (Lipinski definition) is 5. The smallest absolute Gasteiger partial charge is 0.222 e. The van der Waals surface area contributed by atoms with Crippen LogP contribution in [-0.4, -0.2) is 9.97 Å². The molecule has 0 fully saturated rings. The summed E-state index contributed by atoms with van der Waals surface area (Å²) in [4.78, 5) is 9.47. The Morgan fingerprint density at radius 2 is 2.39 bits per heavy atom. The molecule has 3 N–H and O–H groups in total. The molecular formula is C12H13ClN4S. The molecule has 1 atom stereocenters. The summed E-state index contributed by atoms with van der Waals surface area (Å²) >= 11 is 7.89. The molecule has 2 heterocycles. The van der Waals surface area contributed by atoms with E-state index in [9.17, 15) is 0 Å². The van der Waals surface area contributed by atoms with Gasteiger partial charge in [-0.3, -0.25) is 0 Å². The third-order valence-electron chi connectivity index (χ3n) is 3.13. The van der Waals surface area contributed by atoms with Gasteiger partial charge in [0.1, 0.15) is 5.02 Å². The molecule has 0 spiro atoms. The maximum Gasteiger partial charge on any atom is 0.222 e. The molecule has 0 saturated carbocycles. The number of hydrogen-bond donors (Lipinski definition) is 2. The summed E-state index contributed by atoms with van der Waals surface area (Å²) < 4.78 is 0. The molecule has 0 saturated heterocycles. The number of aryl methyl sites for hydroxylation is 1. The summed E-state index contributed by atoms with van der Waals surface area (Å²) in [6.07, 6.45) is 4.97. The van der Waals surface area contributed by atoms with Crippen LogP contribution in [0.25, 0.3) is 0 Å². The summed E-state index contributed by atoms with van der Waals surface area (Å²) in [5.41, 5.74) is 6.95. The minimum atomic E-state index is 0.239. The first-order chi connectivity index (χ1) is 8.74. The fourth-order valence-corrected chi connectivity index (χ4v) is 3.42. The van der Waals surface area contributed by atoms with Gasteiger partial charge in [0.2, 0.25) is 5.95 Å². The average molecular weight is 281 g/mol. The molecule has 6 heteroatoms. The molecule has 0 aromatic carbocycles. The molecule has 0 radical (unpaired) electrons. The highest BCUT2D eigenvalue weighted by Gasteiger charge is 2.22. The summed E-state index contributed by atoms with van der Waals surface area (Å²) in [6, 6.07) is 2.45. The topological polar surface area (TPSA) is 63.8 Å². The maximum absolute atomic E-state index is 6.08. The minimum Gasteiger partial charge on any atom is -0.368 e. The van der Waals surface area contributed by atoms with Crippen LogP contribution in [0.5, 0.6) is 0 Å². The normalized spacial score (nSPS) is 18.4. The first-order valence-corrected chi connectivity index (χ1v) is 7.10. The Morgan fingerprint density at radius 1 is 1.50 bits per heavy atom. The number of aromatic nitrogens is 2. The van der Waals surface area contributed by atoms with Gasteiger partial charge in [-0.1, -0.05) is 11.6 Å². The number of halogens is 1. The number of nitrogens with two attached hydrogens (primary N) is 1. The van der Waals surface area contributed by atoms with Gasteiger partial charge in [-0.05, 0) is 36.3 Å². The van der Waals surface area contributed by atoms with E-state index in [-0.39, 0.29) is 12.0 Å². The number of anilines is 2. The van der Waals surface area contributed by atoms with Gasteiger partial charge < -0.3 is 11.1 Å². The van der Waals surface area contributed by atoms with E-state index in [1.165, 1.54) is 29.5 Å². The number of fused-ring (bicyclic) bond motifs is 1. The zero-order valence-corrected chi connectivity index (χ0v) is 11.3. The summed E-state index contributed by atoms with van der Waals surface area (Å²) in [7, 11) is 0. The maximum atomic E-state index is 6.08. The number of thiophene rings is 1. The van der Waals surface area contributed by atoms with Gasteiger partial charge in [0.25, 0.3) is 0 Å². The van der Waals surface area contributed by atoms with Crippen LogP contribution in [0.2, 0.25) is 5.02 Å². The van der Waals surface area contributed by atoms with E-state index >= 15 is 0 Å². The first-order valence-electron chi connectivity index (χ1n) is 5.85. The predicted molar refractivity (Wildman–Crippen MR) is 75.1 cm³/mol. The largest absolute Gasteiger partial charge is 0.368 e. The molecule has 2 aromatic rings. The van der Waals surface area contributed by atoms with E-state index in [0.29, 0.717) is 10.8 Å². The standard InChI is InChI=1S/C12H13ClN4S/c13-8-6-15-12(14)17-11(8)16-9-2-1-3-10-7(9)4-5-18-10/h4-6,9H,1-3H2,(H3,14,15,16,17). The lowest BCUT2D eigenvalue weighted by molar-refractivity contribution is 0.607. The molecule has 1 aliphatic carbocycles. The Hall–Kier alpha value is -1.33. The number of rotatable bonds is 2. The molecule has 3 rings (SSSR count). The number of nitrogens with one attached hydrogen (secondary N) is 1. The van der Waals surface area contributed by atoms with Crippen LogP contribution >= 0.6 is 22.9 Å². The monoisotopic (exact) mass is 280 g/mol. The molecule has 1 aliphatic rings. The first kappa shape index (κ1) is 11.7. The van der Waals surface area contributed by atoms with Gasteiger partial charge in [0.05, 0.1) is 12.2 Å². The Bertz CT molecular complexity index is 569. The summed E-state index contributed by atoms with van der Waals surface area (Å²) in [5, 5.41) is 6.02. The molecular weight excluding hydrogens is 268 g/mol. The number of nitrogens with zero attached hydrogens (tertiary/aromatic N) is 2. The second-order valence-electron chi connectivity index (χ2n) is 4.31. The van der Waals surface area contributed by atoms with Gasteiger partial charge >= 0.3 is 0 Å². The van der Waals surface area contributed by atoms with Gasteiger partial charge in [0.15, 0.2) is 5.82 Å². The molecule has 94 valence electrons. The van der Waals surface area contributed by atoms with E-state index in [1.807, 2.05) is 11.3 Å². The van der Waals surface area contributed by atoms with Crippen molar-refractivity contribution in [3.63, 3.8) is 0 Å². The Morgan fingerprint density at radius 3 is 3.28 bits per heavy atom. The van der Waals surface area contributed by atoms with E-state index < -0.39 is 0 Å². The number of nitrogen functional groups attached to an aromatic ring is 1. The highest BCUT2D eigenvalue weighted by molar-refractivity contribution is 7.10. The predicted octanol–water partition coefficient (Wildman–Crippen LogP) is 3.26. The Labute approximate surface area is 114 Å². The fourth-order valence-electron chi connectivity index (χ4n) is 2.28. The molecule has 1 unspecified atom stereocenters. The molecule has 0 amide bonds. The van der Waals surface area contributed by atoms with Crippen LogP contribution in [0.4, 0.5) is 11.8 Å². The lowest BCUT2D eigenvalue weighted by atomic mass is 9.94. The van der Waals surface area contributed by atoms with Crippen LogP contribution in [0, 0.1) is 0 Å². The van der Waals surface area contributed by atoms with Crippen molar-refractivity contribution in [3.8, 4) is 0 Å². The fraction of sp³-hybridized carbons (Fsp3) is 0.333. The molecule has 2 aromatic heterocycles. The van der Waals surface area contributed by atoms with Crippen LogP contribution in [0.1, 0.15) is 29.3 Å². The van der Waals surface area contributed by atoms with E-state index in [2.05, 4.69) is 26.7 Å². The second-order valence-corrected chi connectivity index (χ2v) is 5.72. The van der Waals surface area contributed by atoms with Crippen LogP contribution in [0.15, 0.2) is 17.6 Å². The van der Waals surface area contributed by atoms with Gasteiger partial charge in [-0.2, -0.15) is 4.98 Å². The van der Waals surface area contributed by atoms with Crippen LogP contribution < -0.4 is 11.1 Å². The molecule has 0 aliphatic heterocycles. The van der Waals surface area contributed by atoms with Gasteiger partial charge in [-0.25, -0.2) is 4.98 Å². The lowest BCUT2D eigenvalue weighted by Crippen LogP contribution is -2.17. The molecule has 18 heavy (non-hydrogen) atoms. The highest BCUT2D eigenvalue weighted by atomic mass is 35.5. The van der Waals surface area contributed by atoms with Crippen molar-refractivity contribution in [1.82, 2.24) is 9.97 Å². The van der Waals surface area contributed by atoms with Crippen molar-refractivity contribution < 1.29 is 0 Å². The Balaban J connectivity index is 1.88. The van der Waals surface area contributed by atoms with Gasteiger partial charge in [-0.15, -0.1) is 11.3 Å². The van der Waals surface area contributed by atoms with E-state index in [0.717, 1.165) is 6.42 Å². The zero-order valence-electron chi connectivity index (χ0n) is 9.69. The zero-order chi connectivity index (χ0) is 12.5.